The second-order valence-electron chi connectivity index (χ2n) is 6.08. The summed E-state index contributed by atoms with van der Waals surface area (Å²) in [5.74, 6) is 1.01. The molecular formula is C19H18N4O5S. The van der Waals surface area contributed by atoms with E-state index in [1.54, 1.807) is 14.0 Å². The molecule has 3 rings (SSSR count). The molecule has 9 nitrogen and oxygen atoms in total. The molecule has 0 aliphatic heterocycles. The minimum atomic E-state index is -0.479. The van der Waals surface area contributed by atoms with Crippen LogP contribution in [-0.4, -0.2) is 33.9 Å². The van der Waals surface area contributed by atoms with Crippen LogP contribution in [-0.2, 0) is 11.2 Å². The number of ether oxygens (including phenoxy) is 1. The van der Waals surface area contributed by atoms with Crippen LogP contribution in [0.4, 0.5) is 11.4 Å². The lowest BCUT2D eigenvalue weighted by atomic mass is 10.1. The highest BCUT2D eigenvalue weighted by atomic mass is 32.2. The number of hydrogen-bond acceptors (Lipinski definition) is 8. The average Bonchev–Trinajstić information content (AvgIpc) is 3.15. The first-order valence-electron chi connectivity index (χ1n) is 8.57. The lowest BCUT2D eigenvalue weighted by Gasteiger charge is -2.07. The molecule has 1 N–H and O–H groups in total. The van der Waals surface area contributed by atoms with Crippen molar-refractivity contribution in [2.75, 3.05) is 18.2 Å². The molecule has 2 aromatic carbocycles. The van der Waals surface area contributed by atoms with Crippen molar-refractivity contribution < 1.29 is 18.9 Å². The fourth-order valence-corrected chi connectivity index (χ4v) is 3.08. The monoisotopic (exact) mass is 414 g/mol. The summed E-state index contributed by atoms with van der Waals surface area (Å²) >= 11 is 1.12. The molecule has 0 saturated carbocycles. The minimum Gasteiger partial charge on any atom is -0.497 e. The number of non-ortho nitro benzene ring substituents is 1. The van der Waals surface area contributed by atoms with E-state index < -0.39 is 4.92 Å². The Bertz CT molecular complexity index is 1020. The van der Waals surface area contributed by atoms with Crippen molar-refractivity contribution in [2.24, 2.45) is 0 Å². The number of hydrogen-bond donors (Lipinski definition) is 1. The summed E-state index contributed by atoms with van der Waals surface area (Å²) in [6, 6.07) is 11.8. The Morgan fingerprint density at radius 1 is 1.24 bits per heavy atom. The molecule has 0 unspecified atom stereocenters. The number of benzene rings is 2. The largest absolute Gasteiger partial charge is 0.497 e. The summed E-state index contributed by atoms with van der Waals surface area (Å²) in [6.07, 6.45) is 0.478. The Labute approximate surface area is 170 Å². The number of nitro groups is 1. The molecule has 1 aromatic heterocycles. The van der Waals surface area contributed by atoms with Gasteiger partial charge in [-0.2, -0.15) is 0 Å². The van der Waals surface area contributed by atoms with Gasteiger partial charge in [0, 0.05) is 17.8 Å². The third-order valence-electron chi connectivity index (χ3n) is 3.98. The minimum absolute atomic E-state index is 0.0230. The van der Waals surface area contributed by atoms with E-state index in [1.807, 2.05) is 24.3 Å². The van der Waals surface area contributed by atoms with E-state index in [4.69, 9.17) is 9.15 Å². The van der Waals surface area contributed by atoms with Crippen LogP contribution in [0.1, 0.15) is 17.0 Å². The molecule has 29 heavy (non-hydrogen) atoms. The highest BCUT2D eigenvalue weighted by molar-refractivity contribution is 7.99. The van der Waals surface area contributed by atoms with Gasteiger partial charge >= 0.3 is 0 Å². The maximum absolute atomic E-state index is 12.1. The fraction of sp³-hybridized carbons (Fsp3) is 0.211. The lowest BCUT2D eigenvalue weighted by molar-refractivity contribution is -0.384. The van der Waals surface area contributed by atoms with E-state index >= 15 is 0 Å². The van der Waals surface area contributed by atoms with Crippen LogP contribution in [0.5, 0.6) is 5.75 Å². The van der Waals surface area contributed by atoms with E-state index in [0.717, 1.165) is 23.1 Å². The average molecular weight is 414 g/mol. The topological polar surface area (TPSA) is 120 Å². The highest BCUT2D eigenvalue weighted by Crippen LogP contribution is 2.23. The maximum atomic E-state index is 12.1. The van der Waals surface area contributed by atoms with E-state index in [2.05, 4.69) is 15.5 Å². The smallest absolute Gasteiger partial charge is 0.277 e. The van der Waals surface area contributed by atoms with E-state index in [0.29, 0.717) is 28.8 Å². The molecule has 0 saturated heterocycles. The van der Waals surface area contributed by atoms with Crippen molar-refractivity contribution in [2.45, 2.75) is 18.6 Å². The summed E-state index contributed by atoms with van der Waals surface area (Å²) < 4.78 is 10.7. The van der Waals surface area contributed by atoms with Gasteiger partial charge in [-0.1, -0.05) is 23.9 Å². The summed E-state index contributed by atoms with van der Waals surface area (Å²) in [5, 5.41) is 21.7. The van der Waals surface area contributed by atoms with Gasteiger partial charge in [0.1, 0.15) is 5.75 Å². The zero-order chi connectivity index (χ0) is 20.8. The Balaban J connectivity index is 1.52. The SMILES string of the molecule is COc1ccc(Cc2nnc(SCC(=O)Nc3ccc([N+](=O)[O-])cc3C)o2)cc1. The number of nitro benzene ring substituents is 1. The number of rotatable bonds is 8. The van der Waals surface area contributed by atoms with Crippen LogP contribution >= 0.6 is 11.8 Å². The van der Waals surface area contributed by atoms with Gasteiger partial charge in [-0.05, 0) is 36.2 Å². The third-order valence-corrected chi connectivity index (χ3v) is 4.80. The van der Waals surface area contributed by atoms with Crippen LogP contribution in [0, 0.1) is 17.0 Å². The number of nitrogens with zero attached hydrogens (tertiary/aromatic N) is 3. The Morgan fingerprint density at radius 2 is 2.00 bits per heavy atom. The van der Waals surface area contributed by atoms with Gasteiger partial charge in [0.25, 0.3) is 10.9 Å². The molecule has 150 valence electrons. The first-order chi connectivity index (χ1) is 13.9. The highest BCUT2D eigenvalue weighted by Gasteiger charge is 2.13. The maximum Gasteiger partial charge on any atom is 0.277 e. The normalized spacial score (nSPS) is 10.6. The number of carbonyl (C=O) groups excluding carboxylic acids is 1. The van der Waals surface area contributed by atoms with Gasteiger partial charge in [-0.3, -0.25) is 14.9 Å². The van der Waals surface area contributed by atoms with Gasteiger partial charge < -0.3 is 14.5 Å². The Morgan fingerprint density at radius 3 is 2.66 bits per heavy atom. The van der Waals surface area contributed by atoms with Gasteiger partial charge in [0.2, 0.25) is 11.8 Å². The molecular weight excluding hydrogens is 396 g/mol. The van der Waals surface area contributed by atoms with E-state index in [1.165, 1.54) is 18.2 Å². The lowest BCUT2D eigenvalue weighted by Crippen LogP contribution is -2.14. The number of aryl methyl sites for hydroxylation is 1. The molecule has 0 aliphatic rings. The number of methoxy groups -OCH3 is 1. The summed E-state index contributed by atoms with van der Waals surface area (Å²) in [6.45, 7) is 1.69. The second kappa shape index (κ2) is 9.20. The molecule has 0 fully saturated rings. The second-order valence-corrected chi connectivity index (χ2v) is 7.01. The quantitative estimate of drug-likeness (QED) is 0.337. The van der Waals surface area contributed by atoms with Crippen molar-refractivity contribution in [3.63, 3.8) is 0 Å². The summed E-state index contributed by atoms with van der Waals surface area (Å²) in [7, 11) is 1.61. The Hall–Kier alpha value is -3.40. The number of amides is 1. The fourth-order valence-electron chi connectivity index (χ4n) is 2.50. The number of aromatic nitrogens is 2. The number of carbonyl (C=O) groups is 1. The van der Waals surface area contributed by atoms with Crippen molar-refractivity contribution >= 4 is 29.0 Å². The van der Waals surface area contributed by atoms with Crippen molar-refractivity contribution in [1.29, 1.82) is 0 Å². The molecule has 0 spiro atoms. The van der Waals surface area contributed by atoms with Crippen LogP contribution < -0.4 is 10.1 Å². The molecule has 0 aliphatic carbocycles. The van der Waals surface area contributed by atoms with Gasteiger partial charge in [-0.25, -0.2) is 0 Å². The number of anilines is 1. The number of nitrogens with one attached hydrogen (secondary N) is 1. The van der Waals surface area contributed by atoms with Gasteiger partial charge in [0.05, 0.1) is 24.2 Å². The van der Waals surface area contributed by atoms with E-state index in [-0.39, 0.29) is 17.3 Å². The zero-order valence-corrected chi connectivity index (χ0v) is 16.6. The van der Waals surface area contributed by atoms with Crippen LogP contribution in [0.2, 0.25) is 0 Å². The molecule has 0 bridgehead atoms. The third kappa shape index (κ3) is 5.55. The first-order valence-corrected chi connectivity index (χ1v) is 9.56. The molecule has 0 radical (unpaired) electrons. The predicted molar refractivity (Wildman–Crippen MR) is 107 cm³/mol. The zero-order valence-electron chi connectivity index (χ0n) is 15.7. The van der Waals surface area contributed by atoms with Crippen LogP contribution in [0.25, 0.3) is 0 Å². The molecule has 3 aromatic rings. The molecule has 10 heteroatoms. The first kappa shape index (κ1) is 20.3. The summed E-state index contributed by atoms with van der Waals surface area (Å²) in [5.41, 5.74) is 2.10. The van der Waals surface area contributed by atoms with Gasteiger partial charge in [-0.15, -0.1) is 10.2 Å². The summed E-state index contributed by atoms with van der Waals surface area (Å²) in [4.78, 5) is 22.4. The molecule has 1 amide bonds. The molecule has 0 atom stereocenters. The Kier molecular flexibility index (Phi) is 6.45. The van der Waals surface area contributed by atoms with Crippen molar-refractivity contribution in [1.82, 2.24) is 10.2 Å². The predicted octanol–water partition coefficient (Wildman–Crippen LogP) is 3.62. The van der Waals surface area contributed by atoms with Crippen LogP contribution in [0.15, 0.2) is 52.1 Å². The van der Waals surface area contributed by atoms with Crippen LogP contribution in [0.3, 0.4) is 0 Å². The van der Waals surface area contributed by atoms with E-state index in [9.17, 15) is 14.9 Å². The standard InChI is InChI=1S/C19H18N4O5S/c1-12-9-14(23(25)26)5-8-16(12)20-17(24)11-29-19-22-21-18(28-19)10-13-3-6-15(27-2)7-4-13/h3-9H,10-11H2,1-2H3,(H,20,24). The van der Waals surface area contributed by atoms with Crippen molar-refractivity contribution in [3.05, 3.63) is 69.6 Å². The number of thioether (sulfide) groups is 1. The van der Waals surface area contributed by atoms with Gasteiger partial charge in [0.15, 0.2) is 0 Å². The molecule has 1 heterocycles. The van der Waals surface area contributed by atoms with Crippen molar-refractivity contribution in [3.8, 4) is 5.75 Å².